The second-order valence-electron chi connectivity index (χ2n) is 7.83. The van der Waals surface area contributed by atoms with E-state index in [1.165, 1.54) is 96.3 Å². The number of nitrogens with one attached hydrogen (secondary N) is 1. The van der Waals surface area contributed by atoms with Gasteiger partial charge in [0.05, 0.1) is 19.0 Å². The highest BCUT2D eigenvalue weighted by atomic mass is 16.3. The molecule has 0 saturated heterocycles. The number of rotatable bonds is 18. The molecule has 0 aliphatic carbocycles. The van der Waals surface area contributed by atoms with E-state index in [0.29, 0.717) is 12.5 Å². The van der Waals surface area contributed by atoms with Crippen molar-refractivity contribution in [2.75, 3.05) is 13.2 Å². The van der Waals surface area contributed by atoms with Crippen molar-refractivity contribution in [2.24, 2.45) is 4.99 Å². The molecule has 1 unspecified atom stereocenters. The first-order chi connectivity index (χ1) is 12.9. The highest BCUT2D eigenvalue weighted by molar-refractivity contribution is 5.84. The van der Waals surface area contributed by atoms with Gasteiger partial charge in [0.1, 0.15) is 0 Å². The maximum Gasteiger partial charge on any atom is 0.0989 e. The van der Waals surface area contributed by atoms with Crippen LogP contribution in [-0.2, 0) is 0 Å². The number of nitrogens with zero attached hydrogens (tertiary/aromatic N) is 1. The lowest BCUT2D eigenvalue weighted by Gasteiger charge is -2.11. The predicted octanol–water partition coefficient (Wildman–Crippen LogP) is 6.17. The Labute approximate surface area is 162 Å². The van der Waals surface area contributed by atoms with Crippen LogP contribution in [0.2, 0.25) is 0 Å². The Hall–Kier alpha value is -0.830. The fourth-order valence-corrected chi connectivity index (χ4v) is 3.61. The van der Waals surface area contributed by atoms with Crippen molar-refractivity contribution in [3.63, 3.8) is 0 Å². The molecule has 1 atom stereocenters. The van der Waals surface area contributed by atoms with E-state index in [9.17, 15) is 0 Å². The first-order valence-corrected chi connectivity index (χ1v) is 11.4. The van der Waals surface area contributed by atoms with Gasteiger partial charge in [-0.3, -0.25) is 4.99 Å². The summed E-state index contributed by atoms with van der Waals surface area (Å²) in [5.74, 6) is 1.00. The van der Waals surface area contributed by atoms with Gasteiger partial charge >= 0.3 is 0 Å². The average Bonchev–Trinajstić information content (AvgIpc) is 3.09. The summed E-state index contributed by atoms with van der Waals surface area (Å²) in [4.78, 5) is 4.44. The third-order valence-electron chi connectivity index (χ3n) is 5.29. The molecule has 2 N–H and O–H groups in total. The molecule has 1 aliphatic rings. The number of hydrogen-bond donors (Lipinski definition) is 2. The van der Waals surface area contributed by atoms with Crippen LogP contribution in [0.1, 0.15) is 110 Å². The molecule has 1 aliphatic heterocycles. The van der Waals surface area contributed by atoms with E-state index in [1.54, 1.807) is 0 Å². The van der Waals surface area contributed by atoms with Crippen LogP contribution < -0.4 is 5.32 Å². The minimum atomic E-state index is 0.201. The summed E-state index contributed by atoms with van der Waals surface area (Å²) in [5, 5.41) is 12.3. The van der Waals surface area contributed by atoms with Crippen LogP contribution in [0.15, 0.2) is 17.1 Å². The van der Waals surface area contributed by atoms with Crippen LogP contribution >= 0.6 is 0 Å². The van der Waals surface area contributed by atoms with Gasteiger partial charge in [0.25, 0.3) is 0 Å². The standard InChI is InChI=1S/C23H44N2O/c1-2-3-4-5-6-7-8-9-10-11-12-13-14-15-16-17-18-22-21-24-23(25-22)19-20-26/h9-10,22,26H,2-8,11-21H2,1H3,(H,24,25). The Kier molecular flexibility index (Phi) is 15.7. The summed E-state index contributed by atoms with van der Waals surface area (Å²) in [5.41, 5.74) is 0. The highest BCUT2D eigenvalue weighted by Gasteiger charge is 2.15. The molecule has 0 saturated carbocycles. The second-order valence-corrected chi connectivity index (χ2v) is 7.83. The van der Waals surface area contributed by atoms with Crippen molar-refractivity contribution in [3.05, 3.63) is 12.2 Å². The summed E-state index contributed by atoms with van der Waals surface area (Å²) in [6.45, 7) is 3.38. The monoisotopic (exact) mass is 364 g/mol. The van der Waals surface area contributed by atoms with Crippen LogP contribution in [0.3, 0.4) is 0 Å². The van der Waals surface area contributed by atoms with Crippen LogP contribution in [-0.4, -0.2) is 30.1 Å². The minimum absolute atomic E-state index is 0.201. The zero-order chi connectivity index (χ0) is 18.7. The lowest BCUT2D eigenvalue weighted by atomic mass is 10.0. The molecule has 3 heteroatoms. The van der Waals surface area contributed by atoms with Crippen LogP contribution in [0, 0.1) is 0 Å². The molecule has 0 spiro atoms. The summed E-state index contributed by atoms with van der Waals surface area (Å²) >= 11 is 0. The molecule has 1 heterocycles. The zero-order valence-electron chi connectivity index (χ0n) is 17.4. The Morgan fingerprint density at radius 3 is 2.08 bits per heavy atom. The van der Waals surface area contributed by atoms with E-state index in [-0.39, 0.29) is 6.61 Å². The lowest BCUT2D eigenvalue weighted by molar-refractivity contribution is 0.306. The van der Waals surface area contributed by atoms with E-state index in [1.807, 2.05) is 0 Å². The molecular formula is C23H44N2O. The summed E-state index contributed by atoms with van der Waals surface area (Å²) < 4.78 is 0. The normalized spacial score (nSPS) is 17.0. The van der Waals surface area contributed by atoms with Gasteiger partial charge in [-0.1, -0.05) is 83.3 Å². The Morgan fingerprint density at radius 2 is 1.46 bits per heavy atom. The third kappa shape index (κ3) is 13.4. The van der Waals surface area contributed by atoms with E-state index < -0.39 is 0 Å². The molecule has 0 aromatic carbocycles. The highest BCUT2D eigenvalue weighted by Crippen LogP contribution is 2.13. The number of hydrogen-bond acceptors (Lipinski definition) is 3. The van der Waals surface area contributed by atoms with Gasteiger partial charge in [-0.2, -0.15) is 0 Å². The van der Waals surface area contributed by atoms with Gasteiger partial charge in [0.15, 0.2) is 0 Å². The first kappa shape index (κ1) is 23.2. The fourth-order valence-electron chi connectivity index (χ4n) is 3.61. The molecule has 0 aromatic rings. The van der Waals surface area contributed by atoms with E-state index in [4.69, 9.17) is 5.11 Å². The molecule has 0 amide bonds. The fraction of sp³-hybridized carbons (Fsp3) is 0.870. The predicted molar refractivity (Wildman–Crippen MR) is 115 cm³/mol. The molecule has 1 rings (SSSR count). The van der Waals surface area contributed by atoms with Gasteiger partial charge in [-0.15, -0.1) is 0 Å². The first-order valence-electron chi connectivity index (χ1n) is 11.4. The third-order valence-corrected chi connectivity index (χ3v) is 5.29. The number of aliphatic hydroxyl groups excluding tert-OH is 1. The number of aliphatic imine (C=N–C) groups is 1. The topological polar surface area (TPSA) is 44.6 Å². The average molecular weight is 365 g/mol. The number of aliphatic hydroxyl groups is 1. The summed E-state index contributed by atoms with van der Waals surface area (Å²) in [7, 11) is 0. The van der Waals surface area contributed by atoms with Crippen molar-refractivity contribution in [3.8, 4) is 0 Å². The molecule has 0 aromatic heterocycles. The Balaban J connectivity index is 1.75. The second kappa shape index (κ2) is 17.6. The van der Waals surface area contributed by atoms with Crippen LogP contribution in [0.25, 0.3) is 0 Å². The molecule has 152 valence electrons. The number of allylic oxidation sites excluding steroid dienone is 2. The smallest absolute Gasteiger partial charge is 0.0989 e. The largest absolute Gasteiger partial charge is 0.396 e. The van der Waals surface area contributed by atoms with E-state index in [2.05, 4.69) is 29.4 Å². The van der Waals surface area contributed by atoms with Gasteiger partial charge in [0, 0.05) is 12.5 Å². The Morgan fingerprint density at radius 1 is 0.885 bits per heavy atom. The van der Waals surface area contributed by atoms with Crippen LogP contribution in [0.5, 0.6) is 0 Å². The van der Waals surface area contributed by atoms with Crippen molar-refractivity contribution in [2.45, 2.75) is 116 Å². The molecule has 0 bridgehead atoms. The van der Waals surface area contributed by atoms with Crippen molar-refractivity contribution >= 4 is 5.84 Å². The van der Waals surface area contributed by atoms with E-state index >= 15 is 0 Å². The zero-order valence-corrected chi connectivity index (χ0v) is 17.4. The summed E-state index contributed by atoms with van der Waals surface area (Å²) in [6, 6.07) is 0.522. The van der Waals surface area contributed by atoms with Crippen molar-refractivity contribution < 1.29 is 5.11 Å². The maximum atomic E-state index is 8.91. The van der Waals surface area contributed by atoms with Gasteiger partial charge < -0.3 is 10.4 Å². The molecule has 0 radical (unpaired) electrons. The SMILES string of the molecule is CCCCCCCCC=CCCCCCCCCC1CN=C(CCO)N1. The molecule has 0 fully saturated rings. The molecular weight excluding hydrogens is 320 g/mol. The number of amidine groups is 1. The quantitative estimate of drug-likeness (QED) is 0.226. The van der Waals surface area contributed by atoms with Gasteiger partial charge in [0.2, 0.25) is 0 Å². The Bertz CT molecular complexity index is 365. The minimum Gasteiger partial charge on any atom is -0.396 e. The number of unbranched alkanes of at least 4 members (excludes halogenated alkanes) is 12. The van der Waals surface area contributed by atoms with Gasteiger partial charge in [-0.25, -0.2) is 0 Å². The summed E-state index contributed by atoms with van der Waals surface area (Å²) in [6.07, 6.45) is 25.8. The molecule has 3 nitrogen and oxygen atoms in total. The van der Waals surface area contributed by atoms with Crippen LogP contribution in [0.4, 0.5) is 0 Å². The van der Waals surface area contributed by atoms with Gasteiger partial charge in [-0.05, 0) is 32.1 Å². The van der Waals surface area contributed by atoms with Crippen molar-refractivity contribution in [1.29, 1.82) is 0 Å². The lowest BCUT2D eigenvalue weighted by Crippen LogP contribution is -2.30. The molecule has 26 heavy (non-hydrogen) atoms. The van der Waals surface area contributed by atoms with Crippen molar-refractivity contribution in [1.82, 2.24) is 5.32 Å². The maximum absolute atomic E-state index is 8.91. The van der Waals surface area contributed by atoms with E-state index in [0.717, 1.165) is 12.4 Å².